The predicted molar refractivity (Wildman–Crippen MR) is 220 cm³/mol. The number of benzene rings is 6. The maximum atomic E-state index is 5.52. The van der Waals surface area contributed by atoms with E-state index >= 15 is 0 Å². The third-order valence-electron chi connectivity index (χ3n) is 11.8. The lowest BCUT2D eigenvalue weighted by atomic mass is 9.70. The van der Waals surface area contributed by atoms with Gasteiger partial charge in [0, 0.05) is 16.2 Å². The van der Waals surface area contributed by atoms with Crippen molar-refractivity contribution in [2.45, 2.75) is 109 Å². The van der Waals surface area contributed by atoms with Gasteiger partial charge in [0.05, 0.1) is 22.1 Å². The van der Waals surface area contributed by atoms with Gasteiger partial charge in [-0.15, -0.1) is 0 Å². The van der Waals surface area contributed by atoms with Gasteiger partial charge in [0.25, 0.3) is 0 Å². The Hall–Kier alpha value is -4.56. The summed E-state index contributed by atoms with van der Waals surface area (Å²) in [6.45, 7) is 4.63. The molecule has 0 N–H and O–H groups in total. The van der Waals surface area contributed by atoms with Gasteiger partial charge < -0.3 is 0 Å². The molecule has 0 atom stereocenters. The number of aromatic nitrogens is 2. The SMILES string of the molecule is CCCCCCCCC1(CCCCCCCC)c2cc(-c3ccccc3)ccc2-c2cc3nc4c5ccccc5c5ccccc5c4nc3cc21. The summed E-state index contributed by atoms with van der Waals surface area (Å²) < 4.78 is 0. The highest BCUT2D eigenvalue weighted by Gasteiger charge is 2.43. The largest absolute Gasteiger partial charge is 0.244 e. The second kappa shape index (κ2) is 15.0. The van der Waals surface area contributed by atoms with Crippen LogP contribution in [0.25, 0.3) is 65.9 Å². The smallest absolute Gasteiger partial charge is 0.0979 e. The second-order valence-corrected chi connectivity index (χ2v) is 15.1. The molecule has 0 radical (unpaired) electrons. The zero-order valence-electron chi connectivity index (χ0n) is 30.7. The first-order valence-electron chi connectivity index (χ1n) is 20.0. The van der Waals surface area contributed by atoms with E-state index in [9.17, 15) is 0 Å². The van der Waals surface area contributed by atoms with Crippen molar-refractivity contribution in [3.05, 3.63) is 120 Å². The quantitative estimate of drug-likeness (QED) is 0.0617. The summed E-state index contributed by atoms with van der Waals surface area (Å²) in [6, 6.07) is 40.6. The molecule has 0 saturated carbocycles. The summed E-state index contributed by atoms with van der Waals surface area (Å²) in [5, 5.41) is 4.85. The minimum absolute atomic E-state index is 0.0265. The number of rotatable bonds is 15. The number of unbranched alkanes of at least 4 members (excludes halogenated alkanes) is 10. The Morgan fingerprint density at radius 3 is 1.49 bits per heavy atom. The van der Waals surface area contributed by atoms with Crippen molar-refractivity contribution >= 4 is 43.6 Å². The van der Waals surface area contributed by atoms with E-state index in [4.69, 9.17) is 9.97 Å². The maximum absolute atomic E-state index is 5.52. The van der Waals surface area contributed by atoms with Crippen LogP contribution in [0.4, 0.5) is 0 Å². The zero-order valence-corrected chi connectivity index (χ0v) is 30.7. The molecule has 1 aromatic heterocycles. The summed E-state index contributed by atoms with van der Waals surface area (Å²) in [5.74, 6) is 0. The van der Waals surface area contributed by atoms with Gasteiger partial charge in [-0.25, -0.2) is 9.97 Å². The van der Waals surface area contributed by atoms with Crippen molar-refractivity contribution in [1.82, 2.24) is 9.97 Å². The summed E-state index contributed by atoms with van der Waals surface area (Å²) in [6.07, 6.45) is 18.1. The number of fused-ring (bicyclic) bond motifs is 10. The Bertz CT molecular complexity index is 2280. The van der Waals surface area contributed by atoms with Crippen molar-refractivity contribution < 1.29 is 0 Å². The second-order valence-electron chi connectivity index (χ2n) is 15.1. The number of hydrogen-bond donors (Lipinski definition) is 0. The molecule has 0 unspecified atom stereocenters. The normalized spacial score (nSPS) is 13.4. The lowest BCUT2D eigenvalue weighted by Crippen LogP contribution is -2.25. The van der Waals surface area contributed by atoms with Gasteiger partial charge in [-0.3, -0.25) is 0 Å². The van der Waals surface area contributed by atoms with Gasteiger partial charge in [0.15, 0.2) is 0 Å². The van der Waals surface area contributed by atoms with Gasteiger partial charge in [-0.2, -0.15) is 0 Å². The van der Waals surface area contributed by atoms with E-state index in [2.05, 4.69) is 123 Å². The van der Waals surface area contributed by atoms with E-state index in [0.29, 0.717) is 0 Å². The Balaban J connectivity index is 1.31. The van der Waals surface area contributed by atoms with E-state index in [1.165, 1.54) is 145 Å². The molecule has 1 heterocycles. The number of nitrogens with zero attached hydrogens (tertiary/aromatic N) is 2. The van der Waals surface area contributed by atoms with Crippen LogP contribution in [0.2, 0.25) is 0 Å². The molecule has 6 aromatic carbocycles. The molecule has 0 saturated heterocycles. The van der Waals surface area contributed by atoms with E-state index < -0.39 is 0 Å². The summed E-state index contributed by atoms with van der Waals surface area (Å²) in [5.41, 5.74) is 12.4. The molecule has 0 amide bonds. The lowest BCUT2D eigenvalue weighted by Gasteiger charge is -2.33. The molecule has 0 fully saturated rings. The van der Waals surface area contributed by atoms with Crippen LogP contribution in [0.15, 0.2) is 109 Å². The molecule has 1 aliphatic rings. The van der Waals surface area contributed by atoms with Crippen molar-refractivity contribution in [1.29, 1.82) is 0 Å². The Morgan fingerprint density at radius 1 is 0.412 bits per heavy atom. The molecule has 8 rings (SSSR count). The molecule has 2 heteroatoms. The third-order valence-corrected chi connectivity index (χ3v) is 11.8. The van der Waals surface area contributed by atoms with Gasteiger partial charge in [0.2, 0.25) is 0 Å². The van der Waals surface area contributed by atoms with Crippen molar-refractivity contribution in [3.63, 3.8) is 0 Å². The van der Waals surface area contributed by atoms with Gasteiger partial charge >= 0.3 is 0 Å². The number of hydrogen-bond acceptors (Lipinski definition) is 2. The third kappa shape index (κ3) is 6.32. The standard InChI is InChI=1S/C49H52N2/c1-3-5-7-9-11-20-30-49(31-21-12-10-8-6-4-2)43-32-36(35-22-14-13-15-23-35)28-29-39(43)42-33-45-46(34-44(42)49)51-48-41-27-19-17-25-38(41)37-24-16-18-26-40(37)47(48)50-45/h13-19,22-29,32-34H,3-12,20-21,30-31H2,1-2H3. The molecule has 0 aliphatic heterocycles. The summed E-state index contributed by atoms with van der Waals surface area (Å²) in [7, 11) is 0. The lowest BCUT2D eigenvalue weighted by molar-refractivity contribution is 0.398. The van der Waals surface area contributed by atoms with Gasteiger partial charge in [-0.05, 0) is 75.2 Å². The van der Waals surface area contributed by atoms with Crippen LogP contribution < -0.4 is 0 Å². The van der Waals surface area contributed by atoms with Crippen molar-refractivity contribution in [2.24, 2.45) is 0 Å². The molecular weight excluding hydrogens is 617 g/mol. The first-order chi connectivity index (χ1) is 25.2. The average molecular weight is 669 g/mol. The molecule has 1 aliphatic carbocycles. The topological polar surface area (TPSA) is 25.8 Å². The van der Waals surface area contributed by atoms with Crippen LogP contribution in [0.5, 0.6) is 0 Å². The molecule has 0 spiro atoms. The van der Waals surface area contributed by atoms with Gasteiger partial charge in [0.1, 0.15) is 0 Å². The van der Waals surface area contributed by atoms with Crippen LogP contribution in [-0.2, 0) is 5.41 Å². The fourth-order valence-corrected chi connectivity index (χ4v) is 9.15. The fraction of sp³-hybridized carbons (Fsp3) is 0.347. The minimum Gasteiger partial charge on any atom is -0.244 e. The van der Waals surface area contributed by atoms with E-state index in [0.717, 1.165) is 22.1 Å². The zero-order chi connectivity index (χ0) is 34.6. The van der Waals surface area contributed by atoms with Crippen LogP contribution in [0.3, 0.4) is 0 Å². The average Bonchev–Trinajstić information content (AvgIpc) is 3.44. The van der Waals surface area contributed by atoms with Crippen molar-refractivity contribution in [2.75, 3.05) is 0 Å². The van der Waals surface area contributed by atoms with E-state index in [1.807, 2.05) is 0 Å². The highest BCUT2D eigenvalue weighted by atomic mass is 14.8. The monoisotopic (exact) mass is 668 g/mol. The highest BCUT2D eigenvalue weighted by molar-refractivity contribution is 6.23. The Kier molecular flexibility index (Phi) is 9.85. The predicted octanol–water partition coefficient (Wildman–Crippen LogP) is 14.5. The van der Waals surface area contributed by atoms with Gasteiger partial charge in [-0.1, -0.05) is 182 Å². The first-order valence-corrected chi connectivity index (χ1v) is 20.0. The van der Waals surface area contributed by atoms with E-state index in [-0.39, 0.29) is 5.41 Å². The summed E-state index contributed by atoms with van der Waals surface area (Å²) in [4.78, 5) is 11.0. The van der Waals surface area contributed by atoms with Crippen LogP contribution in [-0.4, -0.2) is 9.97 Å². The molecule has 258 valence electrons. The maximum Gasteiger partial charge on any atom is 0.0979 e. The van der Waals surface area contributed by atoms with Crippen LogP contribution in [0, 0.1) is 0 Å². The Morgan fingerprint density at radius 2 is 0.902 bits per heavy atom. The van der Waals surface area contributed by atoms with Crippen molar-refractivity contribution in [3.8, 4) is 22.3 Å². The summed E-state index contributed by atoms with van der Waals surface area (Å²) >= 11 is 0. The molecule has 2 nitrogen and oxygen atoms in total. The van der Waals surface area contributed by atoms with Crippen LogP contribution in [0.1, 0.15) is 115 Å². The fourth-order valence-electron chi connectivity index (χ4n) is 9.15. The molecular formula is C49H52N2. The minimum atomic E-state index is -0.0265. The van der Waals surface area contributed by atoms with E-state index in [1.54, 1.807) is 0 Å². The highest BCUT2D eigenvalue weighted by Crippen LogP contribution is 2.56. The molecule has 51 heavy (non-hydrogen) atoms. The molecule has 0 bridgehead atoms. The van der Waals surface area contributed by atoms with Crippen LogP contribution >= 0.6 is 0 Å². The Labute approximate surface area is 304 Å². The molecule has 7 aromatic rings. The first kappa shape index (κ1) is 33.6.